The number of rotatable bonds is 6. The monoisotopic (exact) mass is 361 g/mol. The minimum atomic E-state index is 0.0539. The summed E-state index contributed by atoms with van der Waals surface area (Å²) >= 11 is 3.43. The molecule has 0 aliphatic carbocycles. The average molecular weight is 362 g/mol. The van der Waals surface area contributed by atoms with E-state index in [1.165, 1.54) is 10.5 Å². The molecule has 2 aromatic carbocycles. The van der Waals surface area contributed by atoms with Crippen molar-refractivity contribution >= 4 is 27.5 Å². The first kappa shape index (κ1) is 16.7. The minimum Gasteiger partial charge on any atom is -0.324 e. The molecule has 1 atom stereocenters. The molecule has 0 fully saturated rings. The van der Waals surface area contributed by atoms with Crippen LogP contribution < -0.4 is 10.2 Å². The smallest absolute Gasteiger partial charge is 0.279 e. The zero-order chi connectivity index (χ0) is 15.9. The second-order valence-corrected chi connectivity index (χ2v) is 6.37. The van der Waals surface area contributed by atoms with Crippen molar-refractivity contribution in [3.63, 3.8) is 0 Å². The number of likely N-dealkylation sites (N-methyl/N-ethyl adjacent to an activating group) is 1. The lowest BCUT2D eigenvalue weighted by Gasteiger charge is -2.18. The largest absolute Gasteiger partial charge is 0.324 e. The zero-order valence-electron chi connectivity index (χ0n) is 13.0. The van der Waals surface area contributed by atoms with Crippen LogP contribution >= 0.6 is 15.9 Å². The van der Waals surface area contributed by atoms with Crippen molar-refractivity contribution in [1.82, 2.24) is 0 Å². The van der Waals surface area contributed by atoms with E-state index in [9.17, 15) is 4.79 Å². The van der Waals surface area contributed by atoms with Gasteiger partial charge in [-0.25, -0.2) is 0 Å². The van der Waals surface area contributed by atoms with Gasteiger partial charge >= 0.3 is 0 Å². The van der Waals surface area contributed by atoms with E-state index in [-0.39, 0.29) is 5.91 Å². The van der Waals surface area contributed by atoms with Gasteiger partial charge in [-0.05, 0) is 37.6 Å². The number of halogens is 1. The van der Waals surface area contributed by atoms with Gasteiger partial charge < -0.3 is 10.2 Å². The number of hydrogen-bond acceptors (Lipinski definition) is 1. The fourth-order valence-electron chi connectivity index (χ4n) is 2.39. The highest BCUT2D eigenvalue weighted by molar-refractivity contribution is 9.10. The molecule has 0 spiro atoms. The van der Waals surface area contributed by atoms with E-state index >= 15 is 0 Å². The van der Waals surface area contributed by atoms with Crippen LogP contribution in [0.5, 0.6) is 0 Å². The van der Waals surface area contributed by atoms with E-state index < -0.39 is 0 Å². The van der Waals surface area contributed by atoms with Crippen LogP contribution in [0.3, 0.4) is 0 Å². The van der Waals surface area contributed by atoms with E-state index in [1.807, 2.05) is 43.3 Å². The molecule has 0 bridgehead atoms. The fraction of sp³-hybridized carbons (Fsp3) is 0.278. The first-order valence-electron chi connectivity index (χ1n) is 7.52. The molecule has 0 radical (unpaired) electrons. The second-order valence-electron chi connectivity index (χ2n) is 5.45. The van der Waals surface area contributed by atoms with Gasteiger partial charge in [0, 0.05) is 15.7 Å². The molecule has 0 aliphatic rings. The molecule has 0 heterocycles. The van der Waals surface area contributed by atoms with E-state index in [1.54, 1.807) is 0 Å². The molecule has 0 saturated heterocycles. The van der Waals surface area contributed by atoms with Crippen molar-refractivity contribution in [3.05, 3.63) is 64.1 Å². The highest BCUT2D eigenvalue weighted by Crippen LogP contribution is 2.19. The Morgan fingerprint density at radius 2 is 1.91 bits per heavy atom. The summed E-state index contributed by atoms with van der Waals surface area (Å²) in [7, 11) is 0. The maximum Gasteiger partial charge on any atom is 0.279 e. The van der Waals surface area contributed by atoms with E-state index in [2.05, 4.69) is 40.3 Å². The Labute approximate surface area is 140 Å². The topological polar surface area (TPSA) is 33.5 Å². The molecule has 0 aliphatic heterocycles. The Bertz CT molecular complexity index is 628. The molecule has 0 saturated carbocycles. The van der Waals surface area contributed by atoms with Gasteiger partial charge in [-0.2, -0.15) is 0 Å². The van der Waals surface area contributed by atoms with Crippen molar-refractivity contribution < 1.29 is 9.69 Å². The molecular formula is C18H22BrN2O+. The Hall–Kier alpha value is -1.65. The van der Waals surface area contributed by atoms with Gasteiger partial charge in [-0.15, -0.1) is 0 Å². The normalized spacial score (nSPS) is 12.0. The molecule has 0 aromatic heterocycles. The quantitative estimate of drug-likeness (QED) is 0.814. The highest BCUT2D eigenvalue weighted by atomic mass is 79.9. The van der Waals surface area contributed by atoms with Crippen LogP contribution in [0, 0.1) is 6.92 Å². The summed E-state index contributed by atoms with van der Waals surface area (Å²) in [5, 5.41) is 3.01. The summed E-state index contributed by atoms with van der Waals surface area (Å²) in [5.41, 5.74) is 3.19. The van der Waals surface area contributed by atoms with Crippen molar-refractivity contribution in [1.29, 1.82) is 0 Å². The predicted molar refractivity (Wildman–Crippen MR) is 94.0 cm³/mol. The number of hydrogen-bond donors (Lipinski definition) is 2. The number of amides is 1. The molecule has 22 heavy (non-hydrogen) atoms. The van der Waals surface area contributed by atoms with Crippen LogP contribution in [0.1, 0.15) is 18.1 Å². The van der Waals surface area contributed by atoms with Crippen LogP contribution in [0.15, 0.2) is 53.0 Å². The Kier molecular flexibility index (Phi) is 6.16. The van der Waals surface area contributed by atoms with Gasteiger partial charge in [0.25, 0.3) is 5.91 Å². The van der Waals surface area contributed by atoms with Crippen molar-refractivity contribution in [2.75, 3.05) is 18.4 Å². The van der Waals surface area contributed by atoms with E-state index in [0.717, 1.165) is 28.8 Å². The number of carbonyl (C=O) groups excluding carboxylic acids is 1. The number of anilines is 1. The third-order valence-corrected chi connectivity index (χ3v) is 4.16. The molecule has 1 unspecified atom stereocenters. The molecule has 4 heteroatoms. The number of benzene rings is 2. The minimum absolute atomic E-state index is 0.0539. The van der Waals surface area contributed by atoms with Gasteiger partial charge in [0.1, 0.15) is 6.54 Å². The van der Waals surface area contributed by atoms with Gasteiger partial charge in [0.05, 0.1) is 6.54 Å². The number of quaternary nitrogens is 1. The number of aryl methyl sites for hydroxylation is 1. The Morgan fingerprint density at radius 3 is 2.55 bits per heavy atom. The van der Waals surface area contributed by atoms with Crippen LogP contribution in [0.4, 0.5) is 5.69 Å². The highest BCUT2D eigenvalue weighted by Gasteiger charge is 2.14. The number of carbonyl (C=O) groups is 1. The third kappa shape index (κ3) is 4.97. The van der Waals surface area contributed by atoms with Gasteiger partial charge in [-0.1, -0.05) is 46.3 Å². The summed E-state index contributed by atoms with van der Waals surface area (Å²) in [6.07, 6.45) is 0. The maximum atomic E-state index is 12.3. The van der Waals surface area contributed by atoms with Crippen LogP contribution in [-0.4, -0.2) is 19.0 Å². The molecule has 2 N–H and O–H groups in total. The molecule has 1 amide bonds. The SMILES string of the molecule is CC[NH+](CC(=O)Nc1ccc(Br)cc1C)Cc1ccccc1. The summed E-state index contributed by atoms with van der Waals surface area (Å²) in [6.45, 7) is 6.36. The van der Waals surface area contributed by atoms with Crippen LogP contribution in [0.2, 0.25) is 0 Å². The standard InChI is InChI=1S/C18H21BrN2O/c1-3-21(12-15-7-5-4-6-8-15)13-18(22)20-17-10-9-16(19)11-14(17)2/h4-11H,3,12-13H2,1-2H3,(H,20,22)/p+1. The van der Waals surface area contributed by atoms with Crippen LogP contribution in [-0.2, 0) is 11.3 Å². The lowest BCUT2D eigenvalue weighted by atomic mass is 10.2. The zero-order valence-corrected chi connectivity index (χ0v) is 14.6. The fourth-order valence-corrected chi connectivity index (χ4v) is 2.86. The first-order valence-corrected chi connectivity index (χ1v) is 8.31. The lowest BCUT2D eigenvalue weighted by molar-refractivity contribution is -0.903. The second kappa shape index (κ2) is 8.11. The lowest BCUT2D eigenvalue weighted by Crippen LogP contribution is -3.11. The van der Waals surface area contributed by atoms with Crippen LogP contribution in [0.25, 0.3) is 0 Å². The predicted octanol–water partition coefficient (Wildman–Crippen LogP) is 2.80. The summed E-state index contributed by atoms with van der Waals surface area (Å²) < 4.78 is 1.02. The number of nitrogens with one attached hydrogen (secondary N) is 2. The average Bonchev–Trinajstić information content (AvgIpc) is 2.50. The van der Waals surface area contributed by atoms with Crippen molar-refractivity contribution in [2.45, 2.75) is 20.4 Å². The van der Waals surface area contributed by atoms with Gasteiger partial charge in [-0.3, -0.25) is 4.79 Å². The van der Waals surface area contributed by atoms with Gasteiger partial charge in [0.2, 0.25) is 0 Å². The van der Waals surface area contributed by atoms with E-state index in [4.69, 9.17) is 0 Å². The van der Waals surface area contributed by atoms with Gasteiger partial charge in [0.15, 0.2) is 6.54 Å². The Morgan fingerprint density at radius 1 is 1.18 bits per heavy atom. The molecule has 2 aromatic rings. The van der Waals surface area contributed by atoms with Crippen molar-refractivity contribution in [2.24, 2.45) is 0 Å². The maximum absolute atomic E-state index is 12.3. The summed E-state index contributed by atoms with van der Waals surface area (Å²) in [5.74, 6) is 0.0539. The third-order valence-electron chi connectivity index (χ3n) is 3.67. The first-order chi connectivity index (χ1) is 10.6. The molecule has 116 valence electrons. The summed E-state index contributed by atoms with van der Waals surface area (Å²) in [4.78, 5) is 13.5. The molecular weight excluding hydrogens is 340 g/mol. The Balaban J connectivity index is 1.94. The van der Waals surface area contributed by atoms with E-state index in [0.29, 0.717) is 6.54 Å². The molecule has 2 rings (SSSR count). The van der Waals surface area contributed by atoms with Crippen molar-refractivity contribution in [3.8, 4) is 0 Å². The summed E-state index contributed by atoms with van der Waals surface area (Å²) in [6, 6.07) is 16.2. The molecule has 3 nitrogen and oxygen atoms in total.